The molecular weight excluding hydrogens is 189 g/mol. The third-order valence-electron chi connectivity index (χ3n) is 1.29. The van der Waals surface area contributed by atoms with Crippen LogP contribution in [0.25, 0.3) is 0 Å². The zero-order valence-corrected chi connectivity index (χ0v) is 8.03. The van der Waals surface area contributed by atoms with E-state index in [9.17, 15) is 9.18 Å². The lowest BCUT2D eigenvalue weighted by molar-refractivity contribution is -0.145. The predicted octanol–water partition coefficient (Wildman–Crippen LogP) is 1.54. The summed E-state index contributed by atoms with van der Waals surface area (Å²) in [6.45, 7) is 4.66. The van der Waals surface area contributed by atoms with E-state index in [1.165, 1.54) is 14.0 Å². The molecule has 0 heterocycles. The van der Waals surface area contributed by atoms with Crippen LogP contribution in [0.1, 0.15) is 6.92 Å². The first kappa shape index (κ1) is 12.5. The normalized spacial score (nSPS) is 14.4. The van der Waals surface area contributed by atoms with E-state index < -0.39 is 17.9 Å². The number of aliphatic imine (C=N–C) groups is 1. The summed E-state index contributed by atoms with van der Waals surface area (Å²) in [5.74, 6) is -1.64. The van der Waals surface area contributed by atoms with Gasteiger partial charge in [-0.2, -0.15) is 0 Å². The van der Waals surface area contributed by atoms with Crippen LogP contribution in [0.5, 0.6) is 0 Å². The number of hydrogen-bond acceptors (Lipinski definition) is 3. The molecule has 0 aromatic rings. The quantitative estimate of drug-likeness (QED) is 0.686. The molecule has 0 aromatic heterocycles. The van der Waals surface area contributed by atoms with Gasteiger partial charge in [-0.1, -0.05) is 6.58 Å². The van der Waals surface area contributed by atoms with Crippen molar-refractivity contribution in [1.82, 2.24) is 0 Å². The molecule has 0 bridgehead atoms. The Bertz CT molecular complexity index is 280. The monoisotopic (exact) mass is 201 g/mol. The predicted molar refractivity (Wildman–Crippen MR) is 50.9 cm³/mol. The summed E-state index contributed by atoms with van der Waals surface area (Å²) in [5, 5.41) is 8.62. The van der Waals surface area contributed by atoms with Crippen LogP contribution in [-0.4, -0.2) is 30.5 Å². The van der Waals surface area contributed by atoms with Crippen LogP contribution in [-0.2, 0) is 9.53 Å². The van der Waals surface area contributed by atoms with E-state index in [4.69, 9.17) is 5.11 Å². The highest BCUT2D eigenvalue weighted by Crippen LogP contribution is 2.02. The molecule has 1 N–H and O–H groups in total. The van der Waals surface area contributed by atoms with Gasteiger partial charge in [-0.15, -0.1) is 0 Å². The number of aliphatic carboxylic acids is 1. The Balaban J connectivity index is 4.39. The van der Waals surface area contributed by atoms with Crippen molar-refractivity contribution in [2.24, 2.45) is 4.99 Å². The average molecular weight is 201 g/mol. The first-order chi connectivity index (χ1) is 6.49. The van der Waals surface area contributed by atoms with Crippen LogP contribution < -0.4 is 0 Å². The summed E-state index contributed by atoms with van der Waals surface area (Å²) in [7, 11) is 1.24. The van der Waals surface area contributed by atoms with Crippen molar-refractivity contribution in [3.8, 4) is 0 Å². The van der Waals surface area contributed by atoms with E-state index in [2.05, 4.69) is 16.3 Å². The van der Waals surface area contributed by atoms with Crippen molar-refractivity contribution in [3.63, 3.8) is 0 Å². The Labute approximate surface area is 81.4 Å². The zero-order chi connectivity index (χ0) is 11.1. The lowest BCUT2D eigenvalue weighted by atomic mass is 10.2. The number of nitrogens with zero attached hydrogens (tertiary/aromatic N) is 1. The molecule has 14 heavy (non-hydrogen) atoms. The molecule has 1 atom stereocenters. The smallest absolute Gasteiger partial charge is 0.337 e. The second-order valence-corrected chi connectivity index (χ2v) is 2.52. The van der Waals surface area contributed by atoms with Gasteiger partial charge >= 0.3 is 5.97 Å². The van der Waals surface area contributed by atoms with Gasteiger partial charge in [-0.25, -0.2) is 9.18 Å². The second-order valence-electron chi connectivity index (χ2n) is 2.52. The first-order valence-corrected chi connectivity index (χ1v) is 3.79. The van der Waals surface area contributed by atoms with E-state index in [0.29, 0.717) is 0 Å². The summed E-state index contributed by atoms with van der Waals surface area (Å²) < 4.78 is 16.8. The van der Waals surface area contributed by atoms with E-state index >= 15 is 0 Å². The van der Waals surface area contributed by atoms with Crippen LogP contribution in [0.15, 0.2) is 29.2 Å². The molecule has 0 aromatic carbocycles. The van der Waals surface area contributed by atoms with Crippen molar-refractivity contribution in [1.29, 1.82) is 0 Å². The number of methoxy groups -OCH3 is 1. The number of carboxylic acids is 1. The molecule has 0 unspecified atom stereocenters. The van der Waals surface area contributed by atoms with Crippen molar-refractivity contribution < 1.29 is 19.0 Å². The van der Waals surface area contributed by atoms with E-state index in [1.54, 1.807) is 0 Å². The molecule has 0 aliphatic rings. The highest BCUT2D eigenvalue weighted by atomic mass is 19.1. The summed E-state index contributed by atoms with van der Waals surface area (Å²) in [6, 6.07) is 0. The molecule has 0 radical (unpaired) electrons. The summed E-state index contributed by atoms with van der Waals surface area (Å²) in [5.41, 5.74) is 0.150. The van der Waals surface area contributed by atoms with Gasteiger partial charge in [0, 0.05) is 18.9 Å². The molecule has 78 valence electrons. The van der Waals surface area contributed by atoms with Crippen molar-refractivity contribution in [2.45, 2.75) is 13.0 Å². The van der Waals surface area contributed by atoms with Crippen molar-refractivity contribution >= 4 is 12.2 Å². The Morgan fingerprint density at radius 1 is 1.71 bits per heavy atom. The van der Waals surface area contributed by atoms with Gasteiger partial charge in [0.25, 0.3) is 0 Å². The third-order valence-corrected chi connectivity index (χ3v) is 1.29. The minimum Gasteiger partial charge on any atom is -0.479 e. The Morgan fingerprint density at radius 2 is 2.29 bits per heavy atom. The van der Waals surface area contributed by atoms with Crippen LogP contribution in [0, 0.1) is 0 Å². The maximum Gasteiger partial charge on any atom is 0.337 e. The maximum absolute atomic E-state index is 12.2. The van der Waals surface area contributed by atoms with Gasteiger partial charge in [0.2, 0.25) is 0 Å². The largest absolute Gasteiger partial charge is 0.479 e. The minimum atomic E-state index is -1.16. The average Bonchev–Trinajstić information content (AvgIpc) is 2.03. The summed E-state index contributed by atoms with van der Waals surface area (Å²) in [6.07, 6.45) is 0.956. The Morgan fingerprint density at radius 3 is 2.64 bits per heavy atom. The molecule has 0 saturated carbocycles. The number of rotatable bonds is 5. The molecule has 5 heteroatoms. The van der Waals surface area contributed by atoms with Gasteiger partial charge < -0.3 is 9.84 Å². The fraction of sp³-hybridized carbons (Fsp3) is 0.333. The minimum absolute atomic E-state index is 0.150. The molecule has 0 amide bonds. The van der Waals surface area contributed by atoms with Crippen LogP contribution in [0.4, 0.5) is 4.39 Å². The molecule has 0 rings (SSSR count). The first-order valence-electron chi connectivity index (χ1n) is 3.79. The van der Waals surface area contributed by atoms with E-state index in [1.807, 2.05) is 0 Å². The summed E-state index contributed by atoms with van der Waals surface area (Å²) >= 11 is 0. The number of carbonyl (C=O) groups is 1. The lowest BCUT2D eigenvalue weighted by Crippen LogP contribution is -2.24. The third kappa shape index (κ3) is 4.51. The molecule has 0 saturated heterocycles. The second kappa shape index (κ2) is 6.04. The zero-order valence-electron chi connectivity index (χ0n) is 8.03. The number of carboxylic acid groups (broad SMARTS) is 1. The highest BCUT2D eigenvalue weighted by Gasteiger charge is 2.18. The fourth-order valence-electron chi connectivity index (χ4n) is 0.714. The number of ether oxygens (including phenoxy) is 1. The van der Waals surface area contributed by atoms with Crippen LogP contribution in [0.2, 0.25) is 0 Å². The topological polar surface area (TPSA) is 58.9 Å². The fourth-order valence-corrected chi connectivity index (χ4v) is 0.714. The number of hydrogen-bond donors (Lipinski definition) is 1. The summed E-state index contributed by atoms with van der Waals surface area (Å²) in [4.78, 5) is 14.0. The number of halogens is 1. The van der Waals surface area contributed by atoms with Crippen molar-refractivity contribution in [3.05, 3.63) is 24.2 Å². The molecule has 4 nitrogen and oxygen atoms in total. The van der Waals surface area contributed by atoms with Gasteiger partial charge in [0.15, 0.2) is 6.10 Å². The SMILES string of the molecule is C=C(/C=N\C=C(/C)F)[C@@H](OC)C(=O)O. The molecule has 0 spiro atoms. The lowest BCUT2D eigenvalue weighted by Gasteiger charge is -2.08. The molecular formula is C9H12FNO3. The van der Waals surface area contributed by atoms with Gasteiger partial charge in [-0.3, -0.25) is 4.99 Å². The maximum atomic E-state index is 12.2. The van der Waals surface area contributed by atoms with Crippen molar-refractivity contribution in [2.75, 3.05) is 7.11 Å². The van der Waals surface area contributed by atoms with E-state index in [0.717, 1.165) is 12.4 Å². The Kier molecular flexibility index (Phi) is 5.40. The molecule has 0 aliphatic heterocycles. The van der Waals surface area contributed by atoms with E-state index in [-0.39, 0.29) is 5.57 Å². The Hall–Kier alpha value is -1.49. The molecule has 0 fully saturated rings. The standard InChI is InChI=1S/C9H12FNO3/c1-6(4-11-5-7(2)10)8(14-3)9(12)13/h4-5,8H,1H2,2-3H3,(H,12,13)/b7-5+,11-4-/t8-/m1/s1. The van der Waals surface area contributed by atoms with Crippen LogP contribution in [0.3, 0.4) is 0 Å². The van der Waals surface area contributed by atoms with Gasteiger partial charge in [0.05, 0.1) is 6.20 Å². The molecule has 0 aliphatic carbocycles. The number of allylic oxidation sites excluding steroid dienone is 1. The van der Waals surface area contributed by atoms with Gasteiger partial charge in [0.1, 0.15) is 5.83 Å². The van der Waals surface area contributed by atoms with Gasteiger partial charge in [-0.05, 0) is 6.92 Å². The van der Waals surface area contributed by atoms with Crippen LogP contribution >= 0.6 is 0 Å². The highest BCUT2D eigenvalue weighted by molar-refractivity contribution is 5.90.